The van der Waals surface area contributed by atoms with Gasteiger partial charge in [0.05, 0.1) is 6.61 Å². The minimum absolute atomic E-state index is 0.0510. The molecule has 0 radical (unpaired) electrons. The number of hydrogen-bond acceptors (Lipinski definition) is 3. The molecule has 0 spiro atoms. The Kier molecular flexibility index (Phi) is 7.38. The van der Waals surface area contributed by atoms with E-state index in [4.69, 9.17) is 5.11 Å². The Labute approximate surface area is 72.2 Å². The highest BCUT2D eigenvalue weighted by atomic mass is 16.6. The lowest BCUT2D eigenvalue weighted by molar-refractivity contribution is 0.119. The molecule has 0 saturated heterocycles. The molecule has 0 aromatic carbocycles. The fourth-order valence-electron chi connectivity index (χ4n) is 0.614. The molecule has 4 heteroatoms. The Morgan fingerprint density at radius 3 is 3.00 bits per heavy atom. The Morgan fingerprint density at radius 1 is 1.67 bits per heavy atom. The van der Waals surface area contributed by atoms with Crippen molar-refractivity contribution in [1.82, 2.24) is 5.32 Å². The summed E-state index contributed by atoms with van der Waals surface area (Å²) in [5.41, 5.74) is 0. The molecule has 0 rings (SSSR count). The summed E-state index contributed by atoms with van der Waals surface area (Å²) in [6, 6.07) is 0. The molecule has 0 saturated carbocycles. The van der Waals surface area contributed by atoms with E-state index in [1.807, 2.05) is 19.1 Å². The van der Waals surface area contributed by atoms with Gasteiger partial charge in [-0.05, 0) is 13.3 Å². The van der Waals surface area contributed by atoms with Crippen molar-refractivity contribution >= 4 is 6.09 Å². The highest BCUT2D eigenvalue weighted by Gasteiger charge is 1.97. The molecule has 0 aliphatic rings. The zero-order valence-electron chi connectivity index (χ0n) is 7.25. The molecule has 0 unspecified atom stereocenters. The molecule has 0 aromatic heterocycles. The van der Waals surface area contributed by atoms with Crippen molar-refractivity contribution in [2.24, 2.45) is 0 Å². The topological polar surface area (TPSA) is 58.6 Å². The van der Waals surface area contributed by atoms with Gasteiger partial charge in [0.15, 0.2) is 0 Å². The van der Waals surface area contributed by atoms with Gasteiger partial charge in [0.1, 0.15) is 6.61 Å². The molecule has 1 amide bonds. The van der Waals surface area contributed by atoms with E-state index < -0.39 is 6.09 Å². The molecule has 0 aliphatic heterocycles. The van der Waals surface area contributed by atoms with Gasteiger partial charge in [-0.3, -0.25) is 0 Å². The summed E-state index contributed by atoms with van der Waals surface area (Å²) in [4.78, 5) is 10.7. The van der Waals surface area contributed by atoms with Crippen LogP contribution in [0.3, 0.4) is 0 Å². The van der Waals surface area contributed by atoms with Gasteiger partial charge in [-0.2, -0.15) is 0 Å². The van der Waals surface area contributed by atoms with Crippen molar-refractivity contribution in [2.45, 2.75) is 13.3 Å². The quantitative estimate of drug-likeness (QED) is 0.474. The summed E-state index contributed by atoms with van der Waals surface area (Å²) >= 11 is 0. The third-order valence-electron chi connectivity index (χ3n) is 1.14. The number of nitrogens with one attached hydrogen (secondary N) is 1. The number of ether oxygens (including phenoxy) is 1. The smallest absolute Gasteiger partial charge is 0.407 e. The molecule has 0 heterocycles. The standard InChI is InChI=1S/C8H15NO3/c1-2-3-4-5-9-8(11)12-7-6-10/h2-3,10H,4-7H2,1H3,(H,9,11)/b3-2+. The number of alkyl carbamates (subject to hydrolysis) is 1. The minimum atomic E-state index is -0.478. The Bertz CT molecular complexity index is 145. The highest BCUT2D eigenvalue weighted by Crippen LogP contribution is 1.81. The van der Waals surface area contributed by atoms with Crippen LogP contribution in [0, 0.1) is 0 Å². The Morgan fingerprint density at radius 2 is 2.42 bits per heavy atom. The highest BCUT2D eigenvalue weighted by molar-refractivity contribution is 5.66. The van der Waals surface area contributed by atoms with E-state index in [9.17, 15) is 4.79 Å². The maximum Gasteiger partial charge on any atom is 0.407 e. The maximum atomic E-state index is 10.7. The van der Waals surface area contributed by atoms with E-state index in [0.29, 0.717) is 6.54 Å². The maximum absolute atomic E-state index is 10.7. The molecule has 4 nitrogen and oxygen atoms in total. The summed E-state index contributed by atoms with van der Waals surface area (Å²) in [6.07, 6.45) is 4.19. The van der Waals surface area contributed by atoms with Gasteiger partial charge < -0.3 is 15.2 Å². The van der Waals surface area contributed by atoms with Crippen LogP contribution in [-0.2, 0) is 4.74 Å². The first kappa shape index (κ1) is 11.0. The lowest BCUT2D eigenvalue weighted by Gasteiger charge is -2.03. The fraction of sp³-hybridized carbons (Fsp3) is 0.625. The molecule has 0 atom stereocenters. The molecule has 0 aliphatic carbocycles. The number of rotatable bonds is 5. The third-order valence-corrected chi connectivity index (χ3v) is 1.14. The van der Waals surface area contributed by atoms with Gasteiger partial charge in [0.25, 0.3) is 0 Å². The van der Waals surface area contributed by atoms with Gasteiger partial charge in [0.2, 0.25) is 0 Å². The largest absolute Gasteiger partial charge is 0.447 e. The van der Waals surface area contributed by atoms with Crippen LogP contribution in [0.25, 0.3) is 0 Å². The van der Waals surface area contributed by atoms with Gasteiger partial charge in [-0.15, -0.1) is 0 Å². The monoisotopic (exact) mass is 173 g/mol. The Hall–Kier alpha value is -1.03. The third kappa shape index (κ3) is 7.08. The van der Waals surface area contributed by atoms with Gasteiger partial charge in [-0.25, -0.2) is 4.79 Å². The van der Waals surface area contributed by atoms with E-state index in [1.165, 1.54) is 0 Å². The van der Waals surface area contributed by atoms with Crippen LogP contribution in [0.2, 0.25) is 0 Å². The molecule has 12 heavy (non-hydrogen) atoms. The average Bonchev–Trinajstić information content (AvgIpc) is 2.09. The number of amides is 1. The van der Waals surface area contributed by atoms with Crippen LogP contribution in [0.15, 0.2) is 12.2 Å². The SMILES string of the molecule is C/C=C/CCNC(=O)OCCO. The second-order valence-corrected chi connectivity index (χ2v) is 2.14. The van der Waals surface area contributed by atoms with Crippen molar-refractivity contribution in [3.05, 3.63) is 12.2 Å². The molecule has 70 valence electrons. The van der Waals surface area contributed by atoms with E-state index in [1.54, 1.807) is 0 Å². The average molecular weight is 173 g/mol. The second kappa shape index (κ2) is 8.07. The van der Waals surface area contributed by atoms with E-state index in [0.717, 1.165) is 6.42 Å². The predicted molar refractivity (Wildman–Crippen MR) is 45.9 cm³/mol. The summed E-state index contributed by atoms with van der Waals surface area (Å²) in [5.74, 6) is 0. The van der Waals surface area contributed by atoms with Crippen LogP contribution in [-0.4, -0.2) is 31.0 Å². The molecular weight excluding hydrogens is 158 g/mol. The normalized spacial score (nSPS) is 10.2. The molecule has 0 aromatic rings. The number of carbonyl (C=O) groups excluding carboxylic acids is 1. The summed E-state index contributed by atoms with van der Waals surface area (Å²) in [7, 11) is 0. The van der Waals surface area contributed by atoms with Crippen molar-refractivity contribution in [3.8, 4) is 0 Å². The molecule has 0 bridgehead atoms. The number of hydrogen-bond donors (Lipinski definition) is 2. The fourth-order valence-corrected chi connectivity index (χ4v) is 0.614. The lowest BCUT2D eigenvalue weighted by Crippen LogP contribution is -2.25. The first-order valence-corrected chi connectivity index (χ1v) is 3.94. The van der Waals surface area contributed by atoms with E-state index >= 15 is 0 Å². The minimum Gasteiger partial charge on any atom is -0.447 e. The summed E-state index contributed by atoms with van der Waals surface area (Å²) in [5, 5.41) is 10.8. The van der Waals surface area contributed by atoms with Crippen molar-refractivity contribution < 1.29 is 14.6 Å². The van der Waals surface area contributed by atoms with Crippen LogP contribution >= 0.6 is 0 Å². The van der Waals surface area contributed by atoms with E-state index in [-0.39, 0.29) is 13.2 Å². The summed E-state index contributed by atoms with van der Waals surface area (Å²) < 4.78 is 4.55. The zero-order valence-corrected chi connectivity index (χ0v) is 7.25. The molecule has 0 fully saturated rings. The Balaban J connectivity index is 3.19. The van der Waals surface area contributed by atoms with Crippen LogP contribution < -0.4 is 5.32 Å². The van der Waals surface area contributed by atoms with Gasteiger partial charge in [-0.1, -0.05) is 12.2 Å². The number of aliphatic hydroxyl groups excluding tert-OH is 1. The molecule has 2 N–H and O–H groups in total. The van der Waals surface area contributed by atoms with Crippen molar-refractivity contribution in [2.75, 3.05) is 19.8 Å². The summed E-state index contributed by atoms with van der Waals surface area (Å²) in [6.45, 7) is 2.40. The number of carbonyl (C=O) groups is 1. The van der Waals surface area contributed by atoms with Crippen LogP contribution in [0.4, 0.5) is 4.79 Å². The number of aliphatic hydroxyl groups is 1. The van der Waals surface area contributed by atoms with Crippen molar-refractivity contribution in [3.63, 3.8) is 0 Å². The van der Waals surface area contributed by atoms with Gasteiger partial charge in [0, 0.05) is 6.54 Å². The van der Waals surface area contributed by atoms with Crippen molar-refractivity contribution in [1.29, 1.82) is 0 Å². The van der Waals surface area contributed by atoms with Crippen LogP contribution in [0.1, 0.15) is 13.3 Å². The van der Waals surface area contributed by atoms with Gasteiger partial charge >= 0.3 is 6.09 Å². The molecular formula is C8H15NO3. The predicted octanol–water partition coefficient (Wildman–Crippen LogP) is 0.671. The zero-order chi connectivity index (χ0) is 9.23. The van der Waals surface area contributed by atoms with E-state index in [2.05, 4.69) is 10.1 Å². The number of allylic oxidation sites excluding steroid dienone is 1. The van der Waals surface area contributed by atoms with Crippen LogP contribution in [0.5, 0.6) is 0 Å². The second-order valence-electron chi connectivity index (χ2n) is 2.14. The first-order valence-electron chi connectivity index (χ1n) is 3.94. The first-order chi connectivity index (χ1) is 5.81. The lowest BCUT2D eigenvalue weighted by atomic mass is 10.4.